The molecule has 0 aliphatic carbocycles. The van der Waals surface area contributed by atoms with Gasteiger partial charge in [0.05, 0.1) is 12.1 Å². The molecule has 0 aliphatic rings. The molecule has 0 spiro atoms. The van der Waals surface area contributed by atoms with Gasteiger partial charge in [0.1, 0.15) is 5.82 Å². The molecule has 1 N–H and O–H groups in total. The number of hydrogen-bond acceptors (Lipinski definition) is 5. The molecule has 4 aromatic rings. The number of anilines is 1. The van der Waals surface area contributed by atoms with E-state index in [1.54, 1.807) is 18.6 Å². The summed E-state index contributed by atoms with van der Waals surface area (Å²) < 4.78 is 1.89. The quantitative estimate of drug-likeness (QED) is 0.613. The van der Waals surface area contributed by atoms with E-state index >= 15 is 0 Å². The minimum Gasteiger partial charge on any atom is -0.368 e. The van der Waals surface area contributed by atoms with E-state index in [0.717, 1.165) is 35.4 Å². The van der Waals surface area contributed by atoms with Crippen molar-refractivity contribution < 1.29 is 0 Å². The van der Waals surface area contributed by atoms with Crippen molar-refractivity contribution in [1.29, 1.82) is 0 Å². The van der Waals surface area contributed by atoms with Gasteiger partial charge < -0.3 is 5.32 Å². The maximum atomic E-state index is 4.71. The highest BCUT2D eigenvalue weighted by Crippen LogP contribution is 2.24. The molecule has 0 saturated heterocycles. The molecule has 0 bridgehead atoms. The Bertz CT molecular complexity index is 934. The van der Waals surface area contributed by atoms with Gasteiger partial charge in [-0.05, 0) is 30.3 Å². The topological polar surface area (TPSA) is 68.5 Å². The maximum Gasteiger partial charge on any atom is 0.162 e. The third kappa shape index (κ3) is 2.94. The highest BCUT2D eigenvalue weighted by molar-refractivity contribution is 5.90. The smallest absolute Gasteiger partial charge is 0.162 e. The van der Waals surface area contributed by atoms with E-state index in [2.05, 4.69) is 20.4 Å². The van der Waals surface area contributed by atoms with E-state index in [-0.39, 0.29) is 0 Å². The maximum absolute atomic E-state index is 4.71. The summed E-state index contributed by atoms with van der Waals surface area (Å²) in [5, 5.41) is 8.63. The monoisotopic (exact) mass is 316 g/mol. The van der Waals surface area contributed by atoms with Gasteiger partial charge in [0.25, 0.3) is 0 Å². The Balaban J connectivity index is 1.67. The van der Waals surface area contributed by atoms with E-state index in [0.29, 0.717) is 5.82 Å². The molecular weight excluding hydrogens is 300 g/mol. The van der Waals surface area contributed by atoms with Crippen LogP contribution < -0.4 is 5.32 Å². The number of hydrogen-bond donors (Lipinski definition) is 1. The van der Waals surface area contributed by atoms with Gasteiger partial charge in [-0.15, -0.1) is 0 Å². The SMILES string of the molecule is c1ccc2c(NCCn3cccn3)nc(-c3ccncc3)nc2c1. The highest BCUT2D eigenvalue weighted by atomic mass is 15.3. The summed E-state index contributed by atoms with van der Waals surface area (Å²) in [6.07, 6.45) is 7.22. The number of rotatable bonds is 5. The molecule has 1 aromatic carbocycles. The second kappa shape index (κ2) is 6.45. The van der Waals surface area contributed by atoms with Crippen molar-refractivity contribution in [1.82, 2.24) is 24.7 Å². The Hall–Kier alpha value is -3.28. The first-order valence-electron chi connectivity index (χ1n) is 7.79. The van der Waals surface area contributed by atoms with Crippen LogP contribution in [0.15, 0.2) is 67.3 Å². The number of para-hydroxylation sites is 1. The number of nitrogens with zero attached hydrogens (tertiary/aromatic N) is 5. The van der Waals surface area contributed by atoms with Crippen molar-refractivity contribution >= 4 is 16.7 Å². The summed E-state index contributed by atoms with van der Waals surface area (Å²) in [5.74, 6) is 1.53. The van der Waals surface area contributed by atoms with Crippen LogP contribution in [-0.2, 0) is 6.54 Å². The van der Waals surface area contributed by atoms with Gasteiger partial charge in [-0.3, -0.25) is 9.67 Å². The Kier molecular flexibility index (Phi) is 3.85. The first-order chi connectivity index (χ1) is 11.9. The minimum atomic E-state index is 0.692. The van der Waals surface area contributed by atoms with Crippen LogP contribution in [0.2, 0.25) is 0 Å². The molecule has 0 saturated carbocycles. The fraction of sp³-hybridized carbons (Fsp3) is 0.111. The lowest BCUT2D eigenvalue weighted by molar-refractivity contribution is 0.637. The Labute approximate surface area is 139 Å². The van der Waals surface area contributed by atoms with Gasteiger partial charge in [-0.25, -0.2) is 9.97 Å². The molecule has 0 fully saturated rings. The first-order valence-corrected chi connectivity index (χ1v) is 7.79. The molecule has 3 heterocycles. The van der Waals surface area contributed by atoms with Crippen LogP contribution in [-0.4, -0.2) is 31.3 Å². The zero-order chi connectivity index (χ0) is 16.2. The summed E-state index contributed by atoms with van der Waals surface area (Å²) in [4.78, 5) is 13.4. The van der Waals surface area contributed by atoms with Gasteiger partial charge in [-0.2, -0.15) is 5.10 Å². The normalized spacial score (nSPS) is 10.8. The third-order valence-electron chi connectivity index (χ3n) is 3.73. The largest absolute Gasteiger partial charge is 0.368 e. The van der Waals surface area contributed by atoms with Gasteiger partial charge >= 0.3 is 0 Å². The van der Waals surface area contributed by atoms with E-state index in [1.165, 1.54) is 0 Å². The van der Waals surface area contributed by atoms with Crippen molar-refractivity contribution in [3.05, 3.63) is 67.3 Å². The molecule has 0 amide bonds. The summed E-state index contributed by atoms with van der Waals surface area (Å²) >= 11 is 0. The second-order valence-electron chi connectivity index (χ2n) is 5.34. The van der Waals surface area contributed by atoms with Crippen molar-refractivity contribution in [2.75, 3.05) is 11.9 Å². The summed E-state index contributed by atoms with van der Waals surface area (Å²) in [7, 11) is 0. The van der Waals surface area contributed by atoms with Crippen molar-refractivity contribution in [3.8, 4) is 11.4 Å². The van der Waals surface area contributed by atoms with E-state index in [4.69, 9.17) is 4.98 Å². The van der Waals surface area contributed by atoms with Gasteiger partial charge in [0, 0.05) is 42.3 Å². The van der Waals surface area contributed by atoms with Gasteiger partial charge in [0.2, 0.25) is 0 Å². The summed E-state index contributed by atoms with van der Waals surface area (Å²) in [5.41, 5.74) is 1.87. The molecular formula is C18H16N6. The molecule has 0 aliphatic heterocycles. The van der Waals surface area contributed by atoms with Crippen molar-refractivity contribution in [3.63, 3.8) is 0 Å². The fourth-order valence-corrected chi connectivity index (χ4v) is 2.56. The van der Waals surface area contributed by atoms with Gasteiger partial charge in [-0.1, -0.05) is 12.1 Å². The lowest BCUT2D eigenvalue weighted by Crippen LogP contribution is -2.12. The van der Waals surface area contributed by atoms with Crippen LogP contribution in [0.25, 0.3) is 22.3 Å². The molecule has 6 nitrogen and oxygen atoms in total. The Morgan fingerprint density at radius 1 is 0.917 bits per heavy atom. The number of pyridine rings is 1. The molecule has 0 unspecified atom stereocenters. The van der Waals surface area contributed by atoms with Crippen LogP contribution in [0.4, 0.5) is 5.82 Å². The standard InChI is InChI=1S/C18H16N6/c1-2-5-16-15(4-1)18(20-11-13-24-12-3-8-21-24)23-17(22-16)14-6-9-19-10-7-14/h1-10,12H,11,13H2,(H,20,22,23). The zero-order valence-electron chi connectivity index (χ0n) is 13.0. The lowest BCUT2D eigenvalue weighted by Gasteiger charge is -2.11. The van der Waals surface area contributed by atoms with Crippen molar-refractivity contribution in [2.24, 2.45) is 0 Å². The number of benzene rings is 1. The average molecular weight is 316 g/mol. The molecule has 0 radical (unpaired) electrons. The van der Waals surface area contributed by atoms with Gasteiger partial charge in [0.15, 0.2) is 5.82 Å². The summed E-state index contributed by atoms with van der Waals surface area (Å²) in [6, 6.07) is 13.8. The zero-order valence-corrected chi connectivity index (χ0v) is 13.0. The number of aromatic nitrogens is 5. The van der Waals surface area contributed by atoms with E-state index in [1.807, 2.05) is 53.3 Å². The van der Waals surface area contributed by atoms with Crippen LogP contribution in [0, 0.1) is 0 Å². The summed E-state index contributed by atoms with van der Waals surface area (Å²) in [6.45, 7) is 1.51. The van der Waals surface area contributed by atoms with Crippen LogP contribution >= 0.6 is 0 Å². The average Bonchev–Trinajstić information content (AvgIpc) is 3.16. The van der Waals surface area contributed by atoms with E-state index in [9.17, 15) is 0 Å². The molecule has 118 valence electrons. The highest BCUT2D eigenvalue weighted by Gasteiger charge is 2.08. The molecule has 4 rings (SSSR count). The predicted octanol–water partition coefficient (Wildman–Crippen LogP) is 3.00. The second-order valence-corrected chi connectivity index (χ2v) is 5.34. The third-order valence-corrected chi connectivity index (χ3v) is 3.73. The van der Waals surface area contributed by atoms with Crippen LogP contribution in [0.1, 0.15) is 0 Å². The van der Waals surface area contributed by atoms with Crippen LogP contribution in [0.5, 0.6) is 0 Å². The number of nitrogens with one attached hydrogen (secondary N) is 1. The molecule has 0 atom stereocenters. The lowest BCUT2D eigenvalue weighted by atomic mass is 10.2. The van der Waals surface area contributed by atoms with Crippen LogP contribution in [0.3, 0.4) is 0 Å². The molecule has 3 aromatic heterocycles. The van der Waals surface area contributed by atoms with Crippen molar-refractivity contribution in [2.45, 2.75) is 6.54 Å². The molecule has 24 heavy (non-hydrogen) atoms. The predicted molar refractivity (Wildman–Crippen MR) is 93.5 cm³/mol. The van der Waals surface area contributed by atoms with E-state index < -0.39 is 0 Å². The fourth-order valence-electron chi connectivity index (χ4n) is 2.56. The Morgan fingerprint density at radius 3 is 2.62 bits per heavy atom. The number of fused-ring (bicyclic) bond motifs is 1. The minimum absolute atomic E-state index is 0.692. The molecule has 6 heteroatoms. The first kappa shape index (κ1) is 14.3. The Morgan fingerprint density at radius 2 is 1.79 bits per heavy atom.